The summed E-state index contributed by atoms with van der Waals surface area (Å²) in [4.78, 5) is 0. The van der Waals surface area contributed by atoms with Gasteiger partial charge in [0, 0.05) is 6.07 Å². The first-order valence-electron chi connectivity index (χ1n) is 8.56. The highest BCUT2D eigenvalue weighted by Gasteiger charge is 2.09. The molecule has 0 aliphatic carbocycles. The maximum Gasteiger partial charge on any atom is 0.165 e. The number of aliphatic hydroxyl groups is 1. The Morgan fingerprint density at radius 2 is 1.22 bits per heavy atom. The maximum absolute atomic E-state index is 9.00. The molecule has 0 saturated carbocycles. The number of rotatable bonds is 9. The molecule has 0 unspecified atom stereocenters. The molecule has 5 heteroatoms. The fraction of sp³-hybridized carbons (Fsp3) is 0.182. The van der Waals surface area contributed by atoms with Crippen LogP contribution in [0.3, 0.4) is 0 Å². The predicted molar refractivity (Wildman–Crippen MR) is 104 cm³/mol. The third-order valence-electron chi connectivity index (χ3n) is 3.75. The molecule has 0 aliphatic rings. The highest BCUT2D eigenvalue weighted by Crippen LogP contribution is 2.32. The molecule has 0 bridgehead atoms. The fourth-order valence-corrected chi connectivity index (χ4v) is 2.44. The average Bonchev–Trinajstić information content (AvgIpc) is 2.71. The minimum Gasteiger partial charge on any atom is -0.489 e. The van der Waals surface area contributed by atoms with Crippen LogP contribution in [-0.4, -0.2) is 23.8 Å². The van der Waals surface area contributed by atoms with E-state index in [0.717, 1.165) is 11.1 Å². The number of ether oxygens (including phenoxy) is 3. The minimum absolute atomic E-state index is 0. The second kappa shape index (κ2) is 10.9. The van der Waals surface area contributed by atoms with Crippen molar-refractivity contribution in [2.45, 2.75) is 13.2 Å². The molecule has 0 saturated heterocycles. The van der Waals surface area contributed by atoms with E-state index in [2.05, 4.69) is 0 Å². The summed E-state index contributed by atoms with van der Waals surface area (Å²) in [6.07, 6.45) is 0. The third kappa shape index (κ3) is 6.33. The van der Waals surface area contributed by atoms with E-state index in [1.807, 2.05) is 72.8 Å². The average molecular weight is 368 g/mol. The van der Waals surface area contributed by atoms with Gasteiger partial charge in [0.15, 0.2) is 11.5 Å². The number of hydrogen-bond acceptors (Lipinski definition) is 4. The van der Waals surface area contributed by atoms with Gasteiger partial charge in [0.25, 0.3) is 0 Å². The van der Waals surface area contributed by atoms with Crippen molar-refractivity contribution in [3.63, 3.8) is 0 Å². The first-order valence-corrected chi connectivity index (χ1v) is 8.56. The topological polar surface area (TPSA) is 79.4 Å². The molecule has 0 spiro atoms. The van der Waals surface area contributed by atoms with Crippen LogP contribution >= 0.6 is 0 Å². The van der Waals surface area contributed by atoms with E-state index in [1.165, 1.54) is 0 Å². The van der Waals surface area contributed by atoms with E-state index >= 15 is 0 Å². The molecular weight excluding hydrogens is 344 g/mol. The van der Waals surface area contributed by atoms with Crippen molar-refractivity contribution in [2.24, 2.45) is 0 Å². The van der Waals surface area contributed by atoms with Gasteiger partial charge in [0.1, 0.15) is 25.6 Å². The lowest BCUT2D eigenvalue weighted by Crippen LogP contribution is -2.05. The van der Waals surface area contributed by atoms with Crippen molar-refractivity contribution in [2.75, 3.05) is 13.2 Å². The molecule has 0 aromatic heterocycles. The van der Waals surface area contributed by atoms with Gasteiger partial charge >= 0.3 is 0 Å². The molecule has 0 fully saturated rings. The summed E-state index contributed by atoms with van der Waals surface area (Å²) >= 11 is 0. The molecule has 0 aliphatic heterocycles. The standard InChI is InChI=1S/C22H22O4.H2O/c23-13-14-24-21-12-11-20(25-16-18-7-3-1-4-8-18)15-22(21)26-17-19-9-5-2-6-10-19;/h1-12,15,23H,13-14,16-17H2;1H2. The van der Waals surface area contributed by atoms with Crippen molar-refractivity contribution >= 4 is 0 Å². The Morgan fingerprint density at radius 1 is 0.630 bits per heavy atom. The van der Waals surface area contributed by atoms with Crippen LogP contribution in [0.2, 0.25) is 0 Å². The highest BCUT2D eigenvalue weighted by molar-refractivity contribution is 5.45. The van der Waals surface area contributed by atoms with Gasteiger partial charge in [-0.05, 0) is 23.3 Å². The first-order chi connectivity index (χ1) is 12.8. The lowest BCUT2D eigenvalue weighted by Gasteiger charge is -2.14. The Morgan fingerprint density at radius 3 is 1.81 bits per heavy atom. The Labute approximate surface area is 159 Å². The molecule has 27 heavy (non-hydrogen) atoms. The van der Waals surface area contributed by atoms with Crippen LogP contribution in [0, 0.1) is 0 Å². The van der Waals surface area contributed by atoms with Gasteiger partial charge in [-0.1, -0.05) is 60.7 Å². The molecule has 0 radical (unpaired) electrons. The molecule has 0 amide bonds. The van der Waals surface area contributed by atoms with E-state index in [4.69, 9.17) is 19.3 Å². The van der Waals surface area contributed by atoms with Crippen molar-refractivity contribution in [3.05, 3.63) is 90.0 Å². The summed E-state index contributed by atoms with van der Waals surface area (Å²) in [6, 6.07) is 25.4. The van der Waals surface area contributed by atoms with Gasteiger partial charge in [-0.3, -0.25) is 0 Å². The predicted octanol–water partition coefficient (Wildman–Crippen LogP) is 3.39. The normalized spacial score (nSPS) is 9.96. The molecular formula is C22H24O5. The quantitative estimate of drug-likeness (QED) is 0.628. The van der Waals surface area contributed by atoms with Crippen LogP contribution in [0.1, 0.15) is 11.1 Å². The van der Waals surface area contributed by atoms with Gasteiger partial charge in [0.2, 0.25) is 0 Å². The van der Waals surface area contributed by atoms with E-state index in [9.17, 15) is 0 Å². The zero-order valence-corrected chi connectivity index (χ0v) is 15.0. The van der Waals surface area contributed by atoms with Gasteiger partial charge in [0.05, 0.1) is 6.61 Å². The largest absolute Gasteiger partial charge is 0.489 e. The smallest absolute Gasteiger partial charge is 0.165 e. The lowest BCUT2D eigenvalue weighted by atomic mass is 10.2. The van der Waals surface area contributed by atoms with Crippen molar-refractivity contribution in [1.82, 2.24) is 0 Å². The highest BCUT2D eigenvalue weighted by atomic mass is 16.5. The van der Waals surface area contributed by atoms with Crippen molar-refractivity contribution in [3.8, 4) is 17.2 Å². The summed E-state index contributed by atoms with van der Waals surface area (Å²) in [5, 5.41) is 9.00. The molecule has 0 heterocycles. The van der Waals surface area contributed by atoms with Crippen molar-refractivity contribution < 1.29 is 24.8 Å². The van der Waals surface area contributed by atoms with Crippen LogP contribution in [0.25, 0.3) is 0 Å². The monoisotopic (exact) mass is 368 g/mol. The number of benzene rings is 3. The summed E-state index contributed by atoms with van der Waals surface area (Å²) in [7, 11) is 0. The zero-order chi connectivity index (χ0) is 18.0. The third-order valence-corrected chi connectivity index (χ3v) is 3.75. The Balaban J connectivity index is 0.00000261. The second-order valence-corrected chi connectivity index (χ2v) is 5.73. The first kappa shape index (κ1) is 20.3. The van der Waals surface area contributed by atoms with E-state index in [0.29, 0.717) is 30.5 Å². The Hall–Kier alpha value is -3.02. The molecule has 3 N–H and O–H groups in total. The summed E-state index contributed by atoms with van der Waals surface area (Å²) < 4.78 is 17.3. The number of aliphatic hydroxyl groups excluding tert-OH is 1. The molecule has 3 aromatic carbocycles. The van der Waals surface area contributed by atoms with Crippen LogP contribution in [0.15, 0.2) is 78.9 Å². The van der Waals surface area contributed by atoms with E-state index in [-0.39, 0.29) is 18.7 Å². The molecule has 142 valence electrons. The van der Waals surface area contributed by atoms with Gasteiger partial charge < -0.3 is 24.8 Å². The van der Waals surface area contributed by atoms with Gasteiger partial charge in [-0.2, -0.15) is 0 Å². The lowest BCUT2D eigenvalue weighted by molar-refractivity contribution is 0.191. The maximum atomic E-state index is 9.00. The van der Waals surface area contributed by atoms with Crippen LogP contribution in [0.5, 0.6) is 17.2 Å². The van der Waals surface area contributed by atoms with E-state index in [1.54, 1.807) is 6.07 Å². The summed E-state index contributed by atoms with van der Waals surface area (Å²) in [5.41, 5.74) is 2.16. The van der Waals surface area contributed by atoms with E-state index < -0.39 is 0 Å². The SMILES string of the molecule is O.OCCOc1ccc(OCc2ccccc2)cc1OCc1ccccc1. The summed E-state index contributed by atoms with van der Waals surface area (Å²) in [6.45, 7) is 1.07. The molecule has 3 aromatic rings. The Bertz CT molecular complexity index is 790. The Kier molecular flexibility index (Phi) is 8.16. The molecule has 3 rings (SSSR count). The van der Waals surface area contributed by atoms with Gasteiger partial charge in [-0.15, -0.1) is 0 Å². The fourth-order valence-electron chi connectivity index (χ4n) is 2.44. The van der Waals surface area contributed by atoms with Crippen molar-refractivity contribution in [1.29, 1.82) is 0 Å². The number of hydrogen-bond donors (Lipinski definition) is 1. The summed E-state index contributed by atoms with van der Waals surface area (Å²) in [5.74, 6) is 1.88. The minimum atomic E-state index is -0.0512. The van der Waals surface area contributed by atoms with Crippen LogP contribution in [-0.2, 0) is 13.2 Å². The van der Waals surface area contributed by atoms with Crippen LogP contribution < -0.4 is 14.2 Å². The zero-order valence-electron chi connectivity index (χ0n) is 15.0. The molecule has 5 nitrogen and oxygen atoms in total. The second-order valence-electron chi connectivity index (χ2n) is 5.73. The van der Waals surface area contributed by atoms with Crippen LogP contribution in [0.4, 0.5) is 0 Å². The van der Waals surface area contributed by atoms with Gasteiger partial charge in [-0.25, -0.2) is 0 Å². The molecule has 0 atom stereocenters.